The van der Waals surface area contributed by atoms with Crippen molar-refractivity contribution >= 4 is 0 Å². The maximum atomic E-state index is 3.50. The summed E-state index contributed by atoms with van der Waals surface area (Å²) < 4.78 is 0. The SMILES string of the molecule is CCNC(C)CCCCCCCCCCCCCCCC(C)C. The van der Waals surface area contributed by atoms with Crippen LogP contribution in [-0.4, -0.2) is 12.6 Å². The van der Waals surface area contributed by atoms with Crippen LogP contribution in [0.2, 0.25) is 0 Å². The number of hydrogen-bond donors (Lipinski definition) is 1. The molecule has 0 aliphatic heterocycles. The molecule has 0 heterocycles. The summed E-state index contributed by atoms with van der Waals surface area (Å²) in [6, 6.07) is 0.713. The molecule has 1 unspecified atom stereocenters. The molecule has 0 fully saturated rings. The second kappa shape index (κ2) is 18.3. The third-order valence-corrected chi connectivity index (χ3v) is 4.97. The maximum Gasteiger partial charge on any atom is 0.00386 e. The van der Waals surface area contributed by atoms with E-state index in [0.29, 0.717) is 6.04 Å². The topological polar surface area (TPSA) is 12.0 Å². The van der Waals surface area contributed by atoms with E-state index in [1.54, 1.807) is 0 Å². The average Bonchev–Trinajstić information content (AvgIpc) is 2.51. The minimum Gasteiger partial charge on any atom is -0.315 e. The molecule has 1 atom stereocenters. The zero-order valence-corrected chi connectivity index (χ0v) is 17.0. The van der Waals surface area contributed by atoms with Gasteiger partial charge in [0.05, 0.1) is 0 Å². The van der Waals surface area contributed by atoms with Gasteiger partial charge in [-0.25, -0.2) is 0 Å². The van der Waals surface area contributed by atoms with Gasteiger partial charge in [0.15, 0.2) is 0 Å². The smallest absolute Gasteiger partial charge is 0.00386 e. The van der Waals surface area contributed by atoms with Crippen molar-refractivity contribution in [2.75, 3.05) is 6.54 Å². The van der Waals surface area contributed by atoms with Crippen LogP contribution >= 0.6 is 0 Å². The van der Waals surface area contributed by atoms with E-state index in [-0.39, 0.29) is 0 Å². The second-order valence-electron chi connectivity index (χ2n) is 8.03. The van der Waals surface area contributed by atoms with Crippen molar-refractivity contribution in [2.45, 2.75) is 130 Å². The van der Waals surface area contributed by atoms with Gasteiger partial charge in [-0.2, -0.15) is 0 Å². The Morgan fingerprint density at radius 3 is 1.22 bits per heavy atom. The van der Waals surface area contributed by atoms with Crippen molar-refractivity contribution in [1.82, 2.24) is 5.32 Å². The zero-order chi connectivity index (χ0) is 17.2. The summed E-state index contributed by atoms with van der Waals surface area (Å²) in [4.78, 5) is 0. The Labute approximate surface area is 148 Å². The molecule has 0 saturated heterocycles. The molecular weight excluding hydrogens is 278 g/mol. The number of hydrogen-bond acceptors (Lipinski definition) is 1. The van der Waals surface area contributed by atoms with Crippen molar-refractivity contribution < 1.29 is 0 Å². The van der Waals surface area contributed by atoms with Crippen LogP contribution in [-0.2, 0) is 0 Å². The molecule has 1 heteroatoms. The van der Waals surface area contributed by atoms with E-state index in [4.69, 9.17) is 0 Å². The second-order valence-corrected chi connectivity index (χ2v) is 8.03. The van der Waals surface area contributed by atoms with E-state index in [1.807, 2.05) is 0 Å². The molecule has 0 aliphatic carbocycles. The summed E-state index contributed by atoms with van der Waals surface area (Å²) in [7, 11) is 0. The van der Waals surface area contributed by atoms with Crippen LogP contribution in [0.3, 0.4) is 0 Å². The van der Waals surface area contributed by atoms with Gasteiger partial charge in [-0.05, 0) is 25.8 Å². The van der Waals surface area contributed by atoms with Crippen LogP contribution in [0.15, 0.2) is 0 Å². The molecule has 0 aromatic rings. The van der Waals surface area contributed by atoms with Gasteiger partial charge in [-0.3, -0.25) is 0 Å². The highest BCUT2D eigenvalue weighted by Crippen LogP contribution is 2.14. The van der Waals surface area contributed by atoms with Crippen LogP contribution < -0.4 is 5.32 Å². The minimum absolute atomic E-state index is 0.713. The molecule has 0 radical (unpaired) electrons. The van der Waals surface area contributed by atoms with Gasteiger partial charge in [-0.15, -0.1) is 0 Å². The predicted molar refractivity (Wildman–Crippen MR) is 107 cm³/mol. The Bertz CT molecular complexity index is 212. The van der Waals surface area contributed by atoms with Crippen LogP contribution in [0.4, 0.5) is 0 Å². The zero-order valence-electron chi connectivity index (χ0n) is 17.0. The fourth-order valence-corrected chi connectivity index (χ4v) is 3.40. The van der Waals surface area contributed by atoms with Gasteiger partial charge in [0.1, 0.15) is 0 Å². The van der Waals surface area contributed by atoms with E-state index >= 15 is 0 Å². The minimum atomic E-state index is 0.713. The first-order valence-electron chi connectivity index (χ1n) is 10.9. The molecule has 0 rings (SSSR count). The average molecular weight is 326 g/mol. The lowest BCUT2D eigenvalue weighted by molar-refractivity contribution is 0.483. The van der Waals surface area contributed by atoms with E-state index in [9.17, 15) is 0 Å². The lowest BCUT2D eigenvalue weighted by Crippen LogP contribution is -2.25. The Morgan fingerprint density at radius 2 is 0.870 bits per heavy atom. The highest BCUT2D eigenvalue weighted by Gasteiger charge is 1.99. The third-order valence-electron chi connectivity index (χ3n) is 4.97. The standard InChI is InChI=1S/C22H47N/c1-5-23-22(4)20-18-16-14-12-10-8-6-7-9-11-13-15-17-19-21(2)3/h21-23H,5-20H2,1-4H3. The quantitative estimate of drug-likeness (QED) is 0.257. The number of nitrogens with one attached hydrogen (secondary N) is 1. The number of rotatable bonds is 18. The van der Waals surface area contributed by atoms with E-state index < -0.39 is 0 Å². The summed E-state index contributed by atoms with van der Waals surface area (Å²) in [5.41, 5.74) is 0. The van der Waals surface area contributed by atoms with Crippen molar-refractivity contribution in [1.29, 1.82) is 0 Å². The van der Waals surface area contributed by atoms with Crippen molar-refractivity contribution in [2.24, 2.45) is 5.92 Å². The summed E-state index contributed by atoms with van der Waals surface area (Å²) in [5.74, 6) is 0.895. The van der Waals surface area contributed by atoms with Gasteiger partial charge in [0.25, 0.3) is 0 Å². The van der Waals surface area contributed by atoms with Gasteiger partial charge in [-0.1, -0.05) is 111 Å². The Hall–Kier alpha value is -0.0400. The third kappa shape index (κ3) is 19.9. The van der Waals surface area contributed by atoms with Crippen molar-refractivity contribution in [3.8, 4) is 0 Å². The molecule has 0 amide bonds. The van der Waals surface area contributed by atoms with Crippen molar-refractivity contribution in [3.63, 3.8) is 0 Å². The first kappa shape index (κ1) is 23.0. The Kier molecular flexibility index (Phi) is 18.3. The highest BCUT2D eigenvalue weighted by molar-refractivity contribution is 4.59. The molecule has 0 spiro atoms. The summed E-state index contributed by atoms with van der Waals surface area (Å²) in [6.07, 6.45) is 21.8. The predicted octanol–water partition coefficient (Wildman–Crippen LogP) is 7.49. The largest absolute Gasteiger partial charge is 0.315 e. The Morgan fingerprint density at radius 1 is 0.522 bits per heavy atom. The van der Waals surface area contributed by atoms with Gasteiger partial charge >= 0.3 is 0 Å². The molecule has 1 N–H and O–H groups in total. The monoisotopic (exact) mass is 325 g/mol. The maximum absolute atomic E-state index is 3.50. The number of unbranched alkanes of at least 4 members (excludes halogenated alkanes) is 12. The lowest BCUT2D eigenvalue weighted by Gasteiger charge is -2.11. The van der Waals surface area contributed by atoms with E-state index in [2.05, 4.69) is 33.0 Å². The van der Waals surface area contributed by atoms with Gasteiger partial charge in [0, 0.05) is 6.04 Å². The molecular formula is C22H47N. The first-order valence-corrected chi connectivity index (χ1v) is 10.9. The van der Waals surface area contributed by atoms with Crippen LogP contribution in [0.25, 0.3) is 0 Å². The van der Waals surface area contributed by atoms with Crippen LogP contribution in [0.5, 0.6) is 0 Å². The van der Waals surface area contributed by atoms with E-state index in [0.717, 1.165) is 12.5 Å². The normalized spacial score (nSPS) is 12.9. The molecule has 140 valence electrons. The van der Waals surface area contributed by atoms with Gasteiger partial charge < -0.3 is 5.32 Å². The fraction of sp³-hybridized carbons (Fsp3) is 1.00. The molecule has 23 heavy (non-hydrogen) atoms. The summed E-state index contributed by atoms with van der Waals surface area (Å²) >= 11 is 0. The van der Waals surface area contributed by atoms with E-state index in [1.165, 1.54) is 96.3 Å². The molecule has 0 saturated carbocycles. The van der Waals surface area contributed by atoms with Crippen LogP contribution in [0, 0.1) is 5.92 Å². The lowest BCUT2D eigenvalue weighted by atomic mass is 10.0. The molecule has 0 aliphatic rings. The van der Waals surface area contributed by atoms with Gasteiger partial charge in [0.2, 0.25) is 0 Å². The summed E-state index contributed by atoms with van der Waals surface area (Å²) in [6.45, 7) is 10.3. The summed E-state index contributed by atoms with van der Waals surface area (Å²) in [5, 5.41) is 3.50. The Balaban J connectivity index is 3.03. The molecule has 1 nitrogen and oxygen atoms in total. The van der Waals surface area contributed by atoms with Crippen molar-refractivity contribution in [3.05, 3.63) is 0 Å². The molecule has 0 aromatic heterocycles. The highest BCUT2D eigenvalue weighted by atomic mass is 14.9. The first-order chi connectivity index (χ1) is 11.2. The molecule has 0 bridgehead atoms. The molecule has 0 aromatic carbocycles. The fourth-order valence-electron chi connectivity index (χ4n) is 3.40. The van der Waals surface area contributed by atoms with Crippen LogP contribution in [0.1, 0.15) is 124 Å².